The molecule has 2 nitrogen and oxygen atoms in total. The average Bonchev–Trinajstić information content (AvgIpc) is 2.22. The molecule has 17 heavy (non-hydrogen) atoms. The van der Waals surface area contributed by atoms with Crippen LogP contribution in [0, 0.1) is 5.92 Å². The molecule has 1 fully saturated rings. The lowest BCUT2D eigenvalue weighted by atomic mass is 10.00. The first-order valence-corrected chi connectivity index (χ1v) is 7.45. The minimum atomic E-state index is 0.280. The molecule has 0 aromatic carbocycles. The van der Waals surface area contributed by atoms with Gasteiger partial charge in [-0.25, -0.2) is 0 Å². The minimum Gasteiger partial charge on any atom is -0.312 e. The molecule has 102 valence electrons. The molecule has 0 spiro atoms. The molecule has 1 heterocycles. The number of nitrogens with zero attached hydrogens (tertiary/aromatic N) is 1. The fourth-order valence-electron chi connectivity index (χ4n) is 2.59. The molecule has 1 rings (SSSR count). The van der Waals surface area contributed by atoms with Gasteiger partial charge in [0, 0.05) is 12.1 Å². The van der Waals surface area contributed by atoms with E-state index in [1.807, 2.05) is 0 Å². The molecule has 0 aromatic heterocycles. The van der Waals surface area contributed by atoms with Crippen LogP contribution < -0.4 is 5.32 Å². The van der Waals surface area contributed by atoms with E-state index in [9.17, 15) is 0 Å². The second-order valence-electron chi connectivity index (χ2n) is 6.79. The summed E-state index contributed by atoms with van der Waals surface area (Å²) < 4.78 is 0. The maximum Gasteiger partial charge on any atom is 0.00965 e. The molecule has 0 aromatic rings. The molecule has 0 bridgehead atoms. The molecule has 0 aliphatic carbocycles. The van der Waals surface area contributed by atoms with Gasteiger partial charge in [0.1, 0.15) is 0 Å². The summed E-state index contributed by atoms with van der Waals surface area (Å²) in [5, 5.41) is 3.55. The van der Waals surface area contributed by atoms with E-state index >= 15 is 0 Å². The Hall–Kier alpha value is -0.0800. The Morgan fingerprint density at radius 1 is 1.18 bits per heavy atom. The summed E-state index contributed by atoms with van der Waals surface area (Å²) in [6.07, 6.45) is 6.91. The van der Waals surface area contributed by atoms with Crippen molar-refractivity contribution in [3.05, 3.63) is 0 Å². The zero-order chi connectivity index (χ0) is 12.7. The maximum atomic E-state index is 3.55. The molecule has 1 aliphatic rings. The first-order valence-electron chi connectivity index (χ1n) is 7.45. The Labute approximate surface area is 108 Å². The summed E-state index contributed by atoms with van der Waals surface area (Å²) in [7, 11) is 0. The SMILES string of the molecule is CC1CCCN(CCCCCNC(C)(C)C)C1. The monoisotopic (exact) mass is 240 g/mol. The Bertz CT molecular complexity index is 196. The van der Waals surface area contributed by atoms with Crippen LogP contribution in [0.15, 0.2) is 0 Å². The van der Waals surface area contributed by atoms with Gasteiger partial charge in [-0.3, -0.25) is 0 Å². The van der Waals surface area contributed by atoms with Gasteiger partial charge in [0.25, 0.3) is 0 Å². The van der Waals surface area contributed by atoms with E-state index in [0.717, 1.165) is 5.92 Å². The first kappa shape index (κ1) is 15.0. The fraction of sp³-hybridized carbons (Fsp3) is 1.00. The summed E-state index contributed by atoms with van der Waals surface area (Å²) in [4.78, 5) is 2.66. The molecule has 0 amide bonds. The molecule has 1 unspecified atom stereocenters. The zero-order valence-corrected chi connectivity index (χ0v) is 12.4. The van der Waals surface area contributed by atoms with Gasteiger partial charge in [-0.15, -0.1) is 0 Å². The van der Waals surface area contributed by atoms with Crippen LogP contribution in [0.3, 0.4) is 0 Å². The summed E-state index contributed by atoms with van der Waals surface area (Å²) in [5.41, 5.74) is 0.280. The van der Waals surface area contributed by atoms with Crippen molar-refractivity contribution < 1.29 is 0 Å². The van der Waals surface area contributed by atoms with Crippen molar-refractivity contribution in [2.24, 2.45) is 5.92 Å². The normalized spacial score (nSPS) is 22.9. The second kappa shape index (κ2) is 7.38. The Morgan fingerprint density at radius 3 is 2.59 bits per heavy atom. The molecule has 1 N–H and O–H groups in total. The smallest absolute Gasteiger partial charge is 0.00965 e. The first-order chi connectivity index (χ1) is 7.97. The number of rotatable bonds is 6. The highest BCUT2D eigenvalue weighted by Gasteiger charge is 2.15. The van der Waals surface area contributed by atoms with Crippen LogP contribution in [0.1, 0.15) is 59.8 Å². The van der Waals surface area contributed by atoms with Crippen molar-refractivity contribution in [1.29, 1.82) is 0 Å². The number of hydrogen-bond acceptors (Lipinski definition) is 2. The van der Waals surface area contributed by atoms with Crippen LogP contribution in [0.25, 0.3) is 0 Å². The summed E-state index contributed by atoms with van der Waals surface area (Å²) in [6.45, 7) is 14.3. The predicted octanol–water partition coefficient (Wildman–Crippen LogP) is 3.28. The maximum absolute atomic E-state index is 3.55. The van der Waals surface area contributed by atoms with Crippen molar-refractivity contribution in [1.82, 2.24) is 10.2 Å². The third-order valence-electron chi connectivity index (χ3n) is 3.55. The van der Waals surface area contributed by atoms with Crippen LogP contribution in [0.5, 0.6) is 0 Å². The third kappa shape index (κ3) is 7.77. The van der Waals surface area contributed by atoms with Gasteiger partial charge in [0.05, 0.1) is 0 Å². The van der Waals surface area contributed by atoms with Crippen molar-refractivity contribution in [3.8, 4) is 0 Å². The molecule has 0 radical (unpaired) electrons. The van der Waals surface area contributed by atoms with Crippen molar-refractivity contribution in [2.75, 3.05) is 26.2 Å². The van der Waals surface area contributed by atoms with E-state index in [0.29, 0.717) is 0 Å². The van der Waals surface area contributed by atoms with Crippen molar-refractivity contribution in [3.63, 3.8) is 0 Å². The van der Waals surface area contributed by atoms with Gasteiger partial charge in [-0.1, -0.05) is 13.3 Å². The number of nitrogens with one attached hydrogen (secondary N) is 1. The lowest BCUT2D eigenvalue weighted by molar-refractivity contribution is 0.180. The molecule has 0 saturated carbocycles. The Morgan fingerprint density at radius 2 is 1.94 bits per heavy atom. The third-order valence-corrected chi connectivity index (χ3v) is 3.55. The minimum absolute atomic E-state index is 0.280. The topological polar surface area (TPSA) is 15.3 Å². The van der Waals surface area contributed by atoms with Gasteiger partial charge in [-0.2, -0.15) is 0 Å². The van der Waals surface area contributed by atoms with E-state index in [4.69, 9.17) is 0 Å². The van der Waals surface area contributed by atoms with Gasteiger partial charge < -0.3 is 10.2 Å². The van der Waals surface area contributed by atoms with Gasteiger partial charge in [0.15, 0.2) is 0 Å². The van der Waals surface area contributed by atoms with E-state index in [1.54, 1.807) is 0 Å². The van der Waals surface area contributed by atoms with Crippen molar-refractivity contribution in [2.45, 2.75) is 65.3 Å². The van der Waals surface area contributed by atoms with Crippen LogP contribution in [0.4, 0.5) is 0 Å². The van der Waals surface area contributed by atoms with Crippen LogP contribution >= 0.6 is 0 Å². The van der Waals surface area contributed by atoms with E-state index in [1.165, 1.54) is 58.3 Å². The number of likely N-dealkylation sites (tertiary alicyclic amines) is 1. The molecular weight excluding hydrogens is 208 g/mol. The fourth-order valence-corrected chi connectivity index (χ4v) is 2.59. The highest BCUT2D eigenvalue weighted by Crippen LogP contribution is 2.15. The van der Waals surface area contributed by atoms with Crippen LogP contribution in [0.2, 0.25) is 0 Å². The summed E-state index contributed by atoms with van der Waals surface area (Å²) in [6, 6.07) is 0. The summed E-state index contributed by atoms with van der Waals surface area (Å²) in [5.74, 6) is 0.923. The lowest BCUT2D eigenvalue weighted by Crippen LogP contribution is -2.36. The number of unbranched alkanes of at least 4 members (excludes halogenated alkanes) is 2. The van der Waals surface area contributed by atoms with Crippen molar-refractivity contribution >= 4 is 0 Å². The largest absolute Gasteiger partial charge is 0.312 e. The number of hydrogen-bond donors (Lipinski definition) is 1. The summed E-state index contributed by atoms with van der Waals surface area (Å²) >= 11 is 0. The lowest BCUT2D eigenvalue weighted by Gasteiger charge is -2.30. The molecular formula is C15H32N2. The standard InChI is InChI=1S/C15H32N2/c1-14-9-8-12-17(13-14)11-7-5-6-10-16-15(2,3)4/h14,16H,5-13H2,1-4H3. The average molecular weight is 240 g/mol. The van der Waals surface area contributed by atoms with Crippen LogP contribution in [-0.2, 0) is 0 Å². The van der Waals surface area contributed by atoms with E-state index in [-0.39, 0.29) is 5.54 Å². The quantitative estimate of drug-likeness (QED) is 0.717. The molecule has 1 aliphatic heterocycles. The Kier molecular flexibility index (Phi) is 6.50. The highest BCUT2D eigenvalue weighted by molar-refractivity contribution is 4.71. The molecule has 2 heteroatoms. The van der Waals surface area contributed by atoms with Gasteiger partial charge >= 0.3 is 0 Å². The van der Waals surface area contributed by atoms with Gasteiger partial charge in [-0.05, 0) is 72.0 Å². The second-order valence-corrected chi connectivity index (χ2v) is 6.79. The molecule has 1 saturated heterocycles. The van der Waals surface area contributed by atoms with Gasteiger partial charge in [0.2, 0.25) is 0 Å². The predicted molar refractivity (Wildman–Crippen MR) is 76.4 cm³/mol. The van der Waals surface area contributed by atoms with E-state index < -0.39 is 0 Å². The number of piperidine rings is 1. The van der Waals surface area contributed by atoms with E-state index in [2.05, 4.69) is 37.9 Å². The molecule has 1 atom stereocenters. The Balaban J connectivity index is 1.93. The van der Waals surface area contributed by atoms with Crippen LogP contribution in [-0.4, -0.2) is 36.6 Å². The zero-order valence-electron chi connectivity index (χ0n) is 12.4. The highest BCUT2D eigenvalue weighted by atomic mass is 15.1.